The summed E-state index contributed by atoms with van der Waals surface area (Å²) in [5.74, 6) is -2.04. The summed E-state index contributed by atoms with van der Waals surface area (Å²) >= 11 is 12.1. The lowest BCUT2D eigenvalue weighted by Gasteiger charge is -2.35. The molecule has 162 valence electrons. The van der Waals surface area contributed by atoms with Crippen molar-refractivity contribution in [3.63, 3.8) is 0 Å². The number of benzene rings is 1. The van der Waals surface area contributed by atoms with Gasteiger partial charge in [-0.05, 0) is 38.0 Å². The molecule has 2 N–H and O–H groups in total. The second-order valence-corrected chi connectivity index (χ2v) is 7.25. The minimum absolute atomic E-state index is 0.0333. The molecule has 10 heteroatoms. The maximum absolute atomic E-state index is 12.9. The van der Waals surface area contributed by atoms with Crippen molar-refractivity contribution in [2.75, 3.05) is 19.0 Å². The summed E-state index contributed by atoms with van der Waals surface area (Å²) in [5, 5.41) is 13.8. The van der Waals surface area contributed by atoms with Crippen LogP contribution in [0.25, 0.3) is 0 Å². The van der Waals surface area contributed by atoms with E-state index in [1.165, 1.54) is 7.11 Å². The predicted molar refractivity (Wildman–Crippen MR) is 113 cm³/mol. The van der Waals surface area contributed by atoms with Crippen LogP contribution in [0.1, 0.15) is 37.6 Å². The first-order valence-corrected chi connectivity index (χ1v) is 9.97. The van der Waals surface area contributed by atoms with E-state index in [0.717, 1.165) is 0 Å². The Hall–Kier alpha value is -2.58. The fraction of sp³-hybridized carbons (Fsp3) is 0.400. The van der Waals surface area contributed by atoms with Gasteiger partial charge in [0.25, 0.3) is 0 Å². The smallest absolute Gasteiger partial charge is 0.325 e. The number of hydrogen-bond donors (Lipinski definition) is 2. The molecule has 0 bridgehead atoms. The molecule has 0 fully saturated rings. The van der Waals surface area contributed by atoms with E-state index in [4.69, 9.17) is 32.7 Å². The number of carboxylic acid groups (broad SMARTS) is 1. The first kappa shape index (κ1) is 23.7. The van der Waals surface area contributed by atoms with Crippen LogP contribution in [0.5, 0.6) is 5.88 Å². The van der Waals surface area contributed by atoms with Crippen LogP contribution >= 0.6 is 23.2 Å². The molecule has 2 atom stereocenters. The molecule has 2 rings (SSSR count). The van der Waals surface area contributed by atoms with Gasteiger partial charge in [0.05, 0.1) is 25.5 Å². The maximum atomic E-state index is 12.9. The van der Waals surface area contributed by atoms with Gasteiger partial charge in [0, 0.05) is 5.02 Å². The average molecular weight is 456 g/mol. The summed E-state index contributed by atoms with van der Waals surface area (Å²) in [6, 6.07) is 5.40. The molecule has 1 aromatic carbocycles. The highest BCUT2D eigenvalue weighted by Gasteiger charge is 2.54. The van der Waals surface area contributed by atoms with Gasteiger partial charge >= 0.3 is 11.9 Å². The number of carboxylic acids is 1. The van der Waals surface area contributed by atoms with E-state index in [1.54, 1.807) is 45.0 Å². The van der Waals surface area contributed by atoms with Crippen LogP contribution in [0, 0.1) is 12.3 Å². The van der Waals surface area contributed by atoms with Crippen molar-refractivity contribution < 1.29 is 24.2 Å². The molecular weight excluding hydrogens is 433 g/mol. The van der Waals surface area contributed by atoms with Crippen LogP contribution in [0.4, 0.5) is 5.95 Å². The molecule has 0 aliphatic carbocycles. The molecule has 0 aliphatic rings. The highest BCUT2D eigenvalue weighted by atomic mass is 35.5. The van der Waals surface area contributed by atoms with E-state index in [2.05, 4.69) is 15.3 Å². The summed E-state index contributed by atoms with van der Waals surface area (Å²) in [6.45, 7) is 4.90. The van der Waals surface area contributed by atoms with Gasteiger partial charge in [-0.25, -0.2) is 4.98 Å². The van der Waals surface area contributed by atoms with Crippen molar-refractivity contribution in [1.29, 1.82) is 0 Å². The topological polar surface area (TPSA) is 111 Å². The Labute approximate surface area is 184 Å². The van der Waals surface area contributed by atoms with Gasteiger partial charge in [-0.3, -0.25) is 9.59 Å². The number of anilines is 1. The van der Waals surface area contributed by atoms with E-state index >= 15 is 0 Å². The number of hydrogen-bond acceptors (Lipinski definition) is 7. The number of esters is 1. The predicted octanol–water partition coefficient (Wildman–Crippen LogP) is 4.30. The normalized spacial score (nSPS) is 13.8. The van der Waals surface area contributed by atoms with E-state index in [1.807, 2.05) is 0 Å². The van der Waals surface area contributed by atoms with E-state index < -0.39 is 23.4 Å². The Morgan fingerprint density at radius 2 is 1.83 bits per heavy atom. The first-order valence-electron chi connectivity index (χ1n) is 9.21. The number of halogens is 2. The number of aliphatic carboxylic acids is 1. The molecular formula is C20H23Cl2N3O5. The lowest BCUT2D eigenvalue weighted by molar-refractivity contribution is -0.170. The highest BCUT2D eigenvalue weighted by Crippen LogP contribution is 2.42. The maximum Gasteiger partial charge on any atom is 0.325 e. The standard InChI is InChI=1S/C20H23Cl2N3O5/c1-5-20(17(26)27,18(28)30-6-2)15(12-7-9-13(21)10-8-12)24-19-23-11(3)14(22)16(25-19)29-4/h7-10,15H,5-6H2,1-4H3,(H,26,27)(H,23,24,25). The molecule has 2 unspecified atom stereocenters. The zero-order chi connectivity index (χ0) is 22.5. The summed E-state index contributed by atoms with van der Waals surface area (Å²) < 4.78 is 10.3. The highest BCUT2D eigenvalue weighted by molar-refractivity contribution is 6.32. The van der Waals surface area contributed by atoms with E-state index in [0.29, 0.717) is 16.3 Å². The van der Waals surface area contributed by atoms with Crippen LogP contribution in [-0.4, -0.2) is 40.7 Å². The van der Waals surface area contributed by atoms with Gasteiger partial charge in [-0.15, -0.1) is 0 Å². The summed E-state index contributed by atoms with van der Waals surface area (Å²) in [6.07, 6.45) is -0.0504. The number of methoxy groups -OCH3 is 1. The molecule has 0 saturated heterocycles. The van der Waals surface area contributed by atoms with Gasteiger partial charge in [0.15, 0.2) is 5.41 Å². The van der Waals surface area contributed by atoms with E-state index in [9.17, 15) is 14.7 Å². The third-order valence-electron chi connectivity index (χ3n) is 4.73. The zero-order valence-corrected chi connectivity index (χ0v) is 18.5. The second kappa shape index (κ2) is 9.95. The molecule has 2 aromatic rings. The van der Waals surface area contributed by atoms with Crippen molar-refractivity contribution in [1.82, 2.24) is 9.97 Å². The lowest BCUT2D eigenvalue weighted by Crippen LogP contribution is -2.48. The van der Waals surface area contributed by atoms with Gasteiger partial charge in [-0.1, -0.05) is 42.3 Å². The molecule has 8 nitrogen and oxygen atoms in total. The van der Waals surface area contributed by atoms with Crippen LogP contribution in [0.3, 0.4) is 0 Å². The van der Waals surface area contributed by atoms with Crippen LogP contribution in [0.2, 0.25) is 10.0 Å². The summed E-state index contributed by atoms with van der Waals surface area (Å²) in [7, 11) is 1.40. The molecule has 0 aliphatic heterocycles. The molecule has 0 amide bonds. The quantitative estimate of drug-likeness (QED) is 0.425. The van der Waals surface area contributed by atoms with Gasteiger partial charge in [-0.2, -0.15) is 4.98 Å². The van der Waals surface area contributed by atoms with Crippen LogP contribution < -0.4 is 10.1 Å². The largest absolute Gasteiger partial charge is 0.480 e. The number of nitrogens with one attached hydrogen (secondary N) is 1. The van der Waals surface area contributed by atoms with Gasteiger partial charge in [0.1, 0.15) is 5.02 Å². The van der Waals surface area contributed by atoms with Crippen molar-refractivity contribution in [2.45, 2.75) is 33.2 Å². The molecule has 1 aromatic heterocycles. The minimum Gasteiger partial charge on any atom is -0.480 e. The Morgan fingerprint density at radius 1 is 1.20 bits per heavy atom. The number of nitrogens with zero attached hydrogens (tertiary/aromatic N) is 2. The fourth-order valence-electron chi connectivity index (χ4n) is 3.10. The van der Waals surface area contributed by atoms with Crippen molar-refractivity contribution >= 4 is 41.1 Å². The van der Waals surface area contributed by atoms with Crippen LogP contribution in [0.15, 0.2) is 24.3 Å². The number of aromatic nitrogens is 2. The molecule has 0 radical (unpaired) electrons. The number of aryl methyl sites for hydroxylation is 1. The minimum atomic E-state index is -1.95. The van der Waals surface area contributed by atoms with Gasteiger partial charge < -0.3 is 19.9 Å². The summed E-state index contributed by atoms with van der Waals surface area (Å²) in [4.78, 5) is 33.8. The Morgan fingerprint density at radius 3 is 2.33 bits per heavy atom. The zero-order valence-electron chi connectivity index (χ0n) is 17.0. The number of rotatable bonds is 9. The van der Waals surface area contributed by atoms with Crippen molar-refractivity contribution in [2.24, 2.45) is 5.41 Å². The second-order valence-electron chi connectivity index (χ2n) is 6.44. The average Bonchev–Trinajstić information content (AvgIpc) is 2.71. The molecule has 0 spiro atoms. The fourth-order valence-corrected chi connectivity index (χ4v) is 3.38. The molecule has 1 heterocycles. The van der Waals surface area contributed by atoms with E-state index in [-0.39, 0.29) is 29.9 Å². The third-order valence-corrected chi connectivity index (χ3v) is 5.42. The number of ether oxygens (including phenoxy) is 2. The Kier molecular flexibility index (Phi) is 7.86. The molecule has 30 heavy (non-hydrogen) atoms. The van der Waals surface area contributed by atoms with Gasteiger partial charge in [0.2, 0.25) is 11.8 Å². The number of carbonyl (C=O) groups excluding carboxylic acids is 1. The number of carbonyl (C=O) groups is 2. The lowest BCUT2D eigenvalue weighted by atomic mass is 9.74. The first-order chi connectivity index (χ1) is 14.2. The van der Waals surface area contributed by atoms with Crippen molar-refractivity contribution in [3.05, 3.63) is 45.6 Å². The third kappa shape index (κ3) is 4.60. The summed E-state index contributed by atoms with van der Waals surface area (Å²) in [5.41, 5.74) is -1.03. The monoisotopic (exact) mass is 455 g/mol. The Bertz CT molecular complexity index is 923. The van der Waals surface area contributed by atoms with Crippen LogP contribution in [-0.2, 0) is 14.3 Å². The molecule has 0 saturated carbocycles. The Balaban J connectivity index is 2.68. The van der Waals surface area contributed by atoms with Crippen molar-refractivity contribution in [3.8, 4) is 5.88 Å². The SMILES string of the molecule is CCOC(=O)C(CC)(C(=O)O)C(Nc1nc(C)c(Cl)c(OC)n1)c1ccc(Cl)cc1.